The number of nitrogens with zero attached hydrogens (tertiary/aromatic N) is 1. The number of nitrogens with one attached hydrogen (secondary N) is 1. The van der Waals surface area contributed by atoms with Crippen LogP contribution >= 0.6 is 0 Å². The van der Waals surface area contributed by atoms with Gasteiger partial charge in [0.1, 0.15) is 0 Å². The van der Waals surface area contributed by atoms with Crippen LogP contribution in [0.2, 0.25) is 0 Å². The first-order valence-electron chi connectivity index (χ1n) is 9.53. The molecule has 1 fully saturated rings. The number of aryl methyl sites for hydroxylation is 1. The third kappa shape index (κ3) is 3.47. The van der Waals surface area contributed by atoms with E-state index in [9.17, 15) is 4.79 Å². The van der Waals surface area contributed by atoms with E-state index in [-0.39, 0.29) is 5.91 Å². The van der Waals surface area contributed by atoms with Crippen molar-refractivity contribution in [3.63, 3.8) is 0 Å². The van der Waals surface area contributed by atoms with Crippen molar-refractivity contribution < 1.29 is 9.53 Å². The molecule has 1 aromatic heterocycles. The highest BCUT2D eigenvalue weighted by molar-refractivity contribution is 6.08. The molecule has 1 aliphatic rings. The van der Waals surface area contributed by atoms with Gasteiger partial charge in [-0.15, -0.1) is 0 Å². The zero-order valence-corrected chi connectivity index (χ0v) is 15.3. The van der Waals surface area contributed by atoms with Crippen LogP contribution in [0, 0.1) is 5.92 Å². The summed E-state index contributed by atoms with van der Waals surface area (Å²) < 4.78 is 7.60. The van der Waals surface area contributed by atoms with Crippen molar-refractivity contribution in [1.29, 1.82) is 0 Å². The summed E-state index contributed by atoms with van der Waals surface area (Å²) in [7, 11) is 2.09. The largest absolute Gasteiger partial charge is 0.381 e. The first-order chi connectivity index (χ1) is 12.7. The van der Waals surface area contributed by atoms with Crippen LogP contribution in [-0.4, -0.2) is 30.2 Å². The zero-order valence-electron chi connectivity index (χ0n) is 15.3. The molecule has 1 saturated heterocycles. The Bertz CT molecular complexity index is 922. The van der Waals surface area contributed by atoms with Crippen molar-refractivity contribution in [2.24, 2.45) is 13.0 Å². The van der Waals surface area contributed by atoms with Crippen LogP contribution in [-0.2, 0) is 23.0 Å². The summed E-state index contributed by atoms with van der Waals surface area (Å²) >= 11 is 0. The van der Waals surface area contributed by atoms with Gasteiger partial charge >= 0.3 is 0 Å². The molecule has 4 heteroatoms. The molecule has 1 amide bonds. The van der Waals surface area contributed by atoms with Gasteiger partial charge in [-0.2, -0.15) is 0 Å². The Morgan fingerprint density at radius 2 is 2.04 bits per heavy atom. The minimum atomic E-state index is 0.104. The Labute approximate surface area is 154 Å². The zero-order chi connectivity index (χ0) is 17.9. The molecule has 26 heavy (non-hydrogen) atoms. The lowest BCUT2D eigenvalue weighted by molar-refractivity contribution is -0.120. The lowest BCUT2D eigenvalue weighted by Crippen LogP contribution is -2.26. The van der Waals surface area contributed by atoms with Gasteiger partial charge < -0.3 is 14.6 Å². The molecule has 0 spiro atoms. The lowest BCUT2D eigenvalue weighted by Gasteiger charge is -2.08. The molecular formula is C22H26N2O2. The van der Waals surface area contributed by atoms with Gasteiger partial charge in [-0.3, -0.25) is 4.79 Å². The van der Waals surface area contributed by atoms with Crippen LogP contribution < -0.4 is 5.32 Å². The summed E-state index contributed by atoms with van der Waals surface area (Å²) in [6.07, 6.45) is 3.77. The van der Waals surface area contributed by atoms with Crippen LogP contribution in [0.3, 0.4) is 0 Å². The summed E-state index contributed by atoms with van der Waals surface area (Å²) in [4.78, 5) is 12.3. The molecule has 1 N–H and O–H groups in total. The fraction of sp³-hybridized carbons (Fsp3) is 0.409. The maximum Gasteiger partial charge on any atom is 0.224 e. The smallest absolute Gasteiger partial charge is 0.224 e. The molecule has 1 unspecified atom stereocenters. The van der Waals surface area contributed by atoms with E-state index in [4.69, 9.17) is 4.74 Å². The predicted molar refractivity (Wildman–Crippen MR) is 105 cm³/mol. The van der Waals surface area contributed by atoms with E-state index in [1.807, 2.05) is 0 Å². The van der Waals surface area contributed by atoms with Crippen molar-refractivity contribution in [3.05, 3.63) is 48.0 Å². The molecule has 4 nitrogen and oxygen atoms in total. The molecule has 0 bridgehead atoms. The van der Waals surface area contributed by atoms with E-state index in [2.05, 4.69) is 59.4 Å². The van der Waals surface area contributed by atoms with E-state index in [1.165, 1.54) is 28.2 Å². The first kappa shape index (κ1) is 17.1. The lowest BCUT2D eigenvalue weighted by atomic mass is 10.0. The number of ether oxygens (including phenoxy) is 1. The Balaban J connectivity index is 1.39. The molecule has 0 aliphatic carbocycles. The highest BCUT2D eigenvalue weighted by atomic mass is 16.5. The third-order valence-corrected chi connectivity index (χ3v) is 5.48. The van der Waals surface area contributed by atoms with Gasteiger partial charge in [-0.1, -0.05) is 24.3 Å². The van der Waals surface area contributed by atoms with Gasteiger partial charge in [0, 0.05) is 48.6 Å². The van der Waals surface area contributed by atoms with Gasteiger partial charge in [0.15, 0.2) is 0 Å². The number of rotatable bonds is 6. The van der Waals surface area contributed by atoms with E-state index in [1.54, 1.807) is 0 Å². The maximum atomic E-state index is 12.3. The molecule has 3 aromatic rings. The average Bonchev–Trinajstić information content (AvgIpc) is 3.27. The molecule has 4 rings (SSSR count). The Morgan fingerprint density at radius 1 is 1.19 bits per heavy atom. The number of fused-ring (bicyclic) bond motifs is 3. The average molecular weight is 350 g/mol. The summed E-state index contributed by atoms with van der Waals surface area (Å²) in [6, 6.07) is 14.8. The fourth-order valence-electron chi connectivity index (χ4n) is 4.00. The monoisotopic (exact) mass is 350 g/mol. The first-order valence-corrected chi connectivity index (χ1v) is 9.53. The second-order valence-electron chi connectivity index (χ2n) is 7.33. The second kappa shape index (κ2) is 7.50. The van der Waals surface area contributed by atoms with Crippen molar-refractivity contribution in [1.82, 2.24) is 9.88 Å². The van der Waals surface area contributed by atoms with Crippen molar-refractivity contribution in [2.45, 2.75) is 25.7 Å². The fourth-order valence-corrected chi connectivity index (χ4v) is 4.00. The molecule has 136 valence electrons. The highest BCUT2D eigenvalue weighted by Gasteiger charge is 2.15. The molecule has 1 atom stereocenters. The summed E-state index contributed by atoms with van der Waals surface area (Å²) in [5.74, 6) is 0.785. The molecule has 2 aromatic carbocycles. The SMILES string of the molecule is Cn1c2ccccc2c2cc(CC(=O)NCCCC3CCOC3)ccc21. The molecule has 0 radical (unpaired) electrons. The van der Waals surface area contributed by atoms with Gasteiger partial charge in [0.2, 0.25) is 5.91 Å². The number of carbonyl (C=O) groups excluding carboxylic acids is 1. The molecule has 2 heterocycles. The van der Waals surface area contributed by atoms with E-state index in [0.29, 0.717) is 12.3 Å². The van der Waals surface area contributed by atoms with Crippen LogP contribution in [0.4, 0.5) is 0 Å². The van der Waals surface area contributed by atoms with E-state index < -0.39 is 0 Å². The van der Waals surface area contributed by atoms with Crippen molar-refractivity contribution >= 4 is 27.7 Å². The van der Waals surface area contributed by atoms with Crippen molar-refractivity contribution in [3.8, 4) is 0 Å². The Morgan fingerprint density at radius 3 is 2.88 bits per heavy atom. The van der Waals surface area contributed by atoms with Crippen LogP contribution in [0.5, 0.6) is 0 Å². The summed E-state index contributed by atoms with van der Waals surface area (Å²) in [5.41, 5.74) is 3.49. The minimum absolute atomic E-state index is 0.104. The van der Waals surface area contributed by atoms with Gasteiger partial charge in [0.05, 0.1) is 6.42 Å². The number of hydrogen-bond donors (Lipinski definition) is 1. The Hall–Kier alpha value is -2.33. The second-order valence-corrected chi connectivity index (χ2v) is 7.33. The number of amides is 1. The number of para-hydroxylation sites is 1. The normalized spacial score (nSPS) is 17.2. The number of aromatic nitrogens is 1. The predicted octanol–water partition coefficient (Wildman–Crippen LogP) is 3.81. The maximum absolute atomic E-state index is 12.3. The van der Waals surface area contributed by atoms with Crippen molar-refractivity contribution in [2.75, 3.05) is 19.8 Å². The van der Waals surface area contributed by atoms with E-state index in [0.717, 1.165) is 38.2 Å². The van der Waals surface area contributed by atoms with Crippen LogP contribution in [0.1, 0.15) is 24.8 Å². The van der Waals surface area contributed by atoms with E-state index >= 15 is 0 Å². The highest BCUT2D eigenvalue weighted by Crippen LogP contribution is 2.28. The number of hydrogen-bond acceptors (Lipinski definition) is 2. The van der Waals surface area contributed by atoms with Gasteiger partial charge in [-0.25, -0.2) is 0 Å². The van der Waals surface area contributed by atoms with Crippen LogP contribution in [0.25, 0.3) is 21.8 Å². The molecule has 0 saturated carbocycles. The topological polar surface area (TPSA) is 43.3 Å². The standard InChI is InChI=1S/C22H26N2O2/c1-24-20-7-3-2-6-18(20)19-13-17(8-9-21(19)24)14-22(25)23-11-4-5-16-10-12-26-15-16/h2-3,6-9,13,16H,4-5,10-12,14-15H2,1H3,(H,23,25). The Kier molecular flexibility index (Phi) is 4.93. The minimum Gasteiger partial charge on any atom is -0.381 e. The summed E-state index contributed by atoms with van der Waals surface area (Å²) in [5, 5.41) is 5.52. The van der Waals surface area contributed by atoms with Gasteiger partial charge in [0.25, 0.3) is 0 Å². The molecular weight excluding hydrogens is 324 g/mol. The number of benzene rings is 2. The van der Waals surface area contributed by atoms with Crippen LogP contribution in [0.15, 0.2) is 42.5 Å². The third-order valence-electron chi connectivity index (χ3n) is 5.48. The summed E-state index contributed by atoms with van der Waals surface area (Å²) in [6.45, 7) is 2.54. The van der Waals surface area contributed by atoms with Gasteiger partial charge in [-0.05, 0) is 48.9 Å². The molecule has 1 aliphatic heterocycles. The quantitative estimate of drug-likeness (QED) is 0.687. The number of carbonyl (C=O) groups is 1.